The van der Waals surface area contributed by atoms with Crippen molar-refractivity contribution in [2.45, 2.75) is 33.6 Å². The van der Waals surface area contributed by atoms with E-state index in [0.717, 1.165) is 42.4 Å². The SMILES string of the molecule is Cc1nc2ccccc2c(C)c1C(=O)OCC(=O)N1CCC[C@H](C)C1. The first-order valence-corrected chi connectivity index (χ1v) is 8.78. The number of amides is 1. The first-order valence-electron chi connectivity index (χ1n) is 8.78. The van der Waals surface area contributed by atoms with Gasteiger partial charge in [-0.3, -0.25) is 9.78 Å². The molecule has 1 aromatic carbocycles. The highest BCUT2D eigenvalue weighted by atomic mass is 16.5. The lowest BCUT2D eigenvalue weighted by molar-refractivity contribution is -0.136. The fourth-order valence-corrected chi connectivity index (χ4v) is 3.54. The maximum absolute atomic E-state index is 12.5. The summed E-state index contributed by atoms with van der Waals surface area (Å²) in [5.41, 5.74) is 2.78. The Morgan fingerprint density at radius 3 is 2.80 bits per heavy atom. The van der Waals surface area contributed by atoms with E-state index in [1.807, 2.05) is 31.2 Å². The van der Waals surface area contributed by atoms with Gasteiger partial charge in [0.1, 0.15) is 0 Å². The average Bonchev–Trinajstić information content (AvgIpc) is 2.59. The minimum Gasteiger partial charge on any atom is -0.452 e. The lowest BCUT2D eigenvalue weighted by atomic mass is 10.0. The molecule has 132 valence electrons. The van der Waals surface area contributed by atoms with Crippen LogP contribution in [0.25, 0.3) is 10.9 Å². The molecule has 25 heavy (non-hydrogen) atoms. The number of fused-ring (bicyclic) bond motifs is 1. The second kappa shape index (κ2) is 7.21. The normalized spacial score (nSPS) is 17.6. The molecule has 0 spiro atoms. The number of carbonyl (C=O) groups is 2. The highest BCUT2D eigenvalue weighted by molar-refractivity contribution is 5.99. The molecule has 1 amide bonds. The Bertz CT molecular complexity index is 816. The van der Waals surface area contributed by atoms with Crippen molar-refractivity contribution in [1.82, 2.24) is 9.88 Å². The van der Waals surface area contributed by atoms with E-state index in [4.69, 9.17) is 4.74 Å². The lowest BCUT2D eigenvalue weighted by Crippen LogP contribution is -2.41. The molecule has 1 aliphatic rings. The summed E-state index contributed by atoms with van der Waals surface area (Å²) in [6, 6.07) is 7.70. The number of carbonyl (C=O) groups excluding carboxylic acids is 2. The Morgan fingerprint density at radius 2 is 2.04 bits per heavy atom. The molecule has 0 saturated carbocycles. The number of piperidine rings is 1. The Balaban J connectivity index is 1.73. The zero-order chi connectivity index (χ0) is 18.0. The highest BCUT2D eigenvalue weighted by Crippen LogP contribution is 2.23. The molecular weight excluding hydrogens is 316 g/mol. The number of benzene rings is 1. The maximum atomic E-state index is 12.5. The summed E-state index contributed by atoms with van der Waals surface area (Å²) in [6.45, 7) is 7.10. The third-order valence-electron chi connectivity index (χ3n) is 4.87. The molecule has 0 bridgehead atoms. The molecule has 0 radical (unpaired) electrons. The summed E-state index contributed by atoms with van der Waals surface area (Å²) < 4.78 is 5.32. The third kappa shape index (κ3) is 3.65. The fourth-order valence-electron chi connectivity index (χ4n) is 3.54. The number of nitrogens with zero attached hydrogens (tertiary/aromatic N) is 2. The molecule has 1 saturated heterocycles. The third-order valence-corrected chi connectivity index (χ3v) is 4.87. The van der Waals surface area contributed by atoms with Gasteiger partial charge in [-0.15, -0.1) is 0 Å². The van der Waals surface area contributed by atoms with Crippen LogP contribution in [0, 0.1) is 19.8 Å². The number of ether oxygens (including phenoxy) is 1. The van der Waals surface area contributed by atoms with E-state index in [-0.39, 0.29) is 12.5 Å². The summed E-state index contributed by atoms with van der Waals surface area (Å²) in [5, 5.41) is 0.927. The van der Waals surface area contributed by atoms with Crippen molar-refractivity contribution in [3.8, 4) is 0 Å². The molecule has 2 heterocycles. The molecular formula is C20H24N2O3. The van der Waals surface area contributed by atoms with E-state index in [1.54, 1.807) is 11.8 Å². The maximum Gasteiger partial charge on any atom is 0.340 e. The van der Waals surface area contributed by atoms with Crippen LogP contribution in [0.2, 0.25) is 0 Å². The molecule has 2 aromatic rings. The van der Waals surface area contributed by atoms with Crippen molar-refractivity contribution in [1.29, 1.82) is 0 Å². The van der Waals surface area contributed by atoms with Crippen molar-refractivity contribution < 1.29 is 14.3 Å². The topological polar surface area (TPSA) is 59.5 Å². The molecule has 0 N–H and O–H groups in total. The Hall–Kier alpha value is -2.43. The van der Waals surface area contributed by atoms with Crippen LogP contribution in [-0.2, 0) is 9.53 Å². The van der Waals surface area contributed by atoms with Gasteiger partial charge in [-0.25, -0.2) is 4.79 Å². The van der Waals surface area contributed by atoms with Gasteiger partial charge in [-0.05, 0) is 44.2 Å². The van der Waals surface area contributed by atoms with E-state index in [2.05, 4.69) is 11.9 Å². The van der Waals surface area contributed by atoms with Crippen LogP contribution in [0.3, 0.4) is 0 Å². The minimum atomic E-state index is -0.480. The number of pyridine rings is 1. The quantitative estimate of drug-likeness (QED) is 0.805. The van der Waals surface area contributed by atoms with E-state index in [1.165, 1.54) is 0 Å². The second-order valence-electron chi connectivity index (χ2n) is 6.88. The summed E-state index contributed by atoms with van der Waals surface area (Å²) in [5.74, 6) is -0.0989. The van der Waals surface area contributed by atoms with Gasteiger partial charge in [0, 0.05) is 18.5 Å². The Morgan fingerprint density at radius 1 is 1.28 bits per heavy atom. The molecule has 5 heteroatoms. The zero-order valence-corrected chi connectivity index (χ0v) is 15.0. The highest BCUT2D eigenvalue weighted by Gasteiger charge is 2.23. The first kappa shape index (κ1) is 17.4. The number of rotatable bonds is 3. The summed E-state index contributed by atoms with van der Waals surface area (Å²) >= 11 is 0. The molecule has 1 aromatic heterocycles. The lowest BCUT2D eigenvalue weighted by Gasteiger charge is -2.30. The number of likely N-dealkylation sites (tertiary alicyclic amines) is 1. The van der Waals surface area contributed by atoms with E-state index in [0.29, 0.717) is 17.2 Å². The average molecular weight is 340 g/mol. The molecule has 1 aliphatic heterocycles. The molecule has 1 atom stereocenters. The number of hydrogen-bond acceptors (Lipinski definition) is 4. The number of hydrogen-bond donors (Lipinski definition) is 0. The van der Waals surface area contributed by atoms with Gasteiger partial charge in [-0.2, -0.15) is 0 Å². The second-order valence-corrected chi connectivity index (χ2v) is 6.88. The van der Waals surface area contributed by atoms with Gasteiger partial charge in [-0.1, -0.05) is 25.1 Å². The van der Waals surface area contributed by atoms with Crippen LogP contribution in [0.15, 0.2) is 24.3 Å². The number of aromatic nitrogens is 1. The van der Waals surface area contributed by atoms with Crippen molar-refractivity contribution in [2.75, 3.05) is 19.7 Å². The summed E-state index contributed by atoms with van der Waals surface area (Å²) in [4.78, 5) is 31.1. The van der Waals surface area contributed by atoms with E-state index < -0.39 is 5.97 Å². The van der Waals surface area contributed by atoms with Crippen LogP contribution in [0.1, 0.15) is 41.4 Å². The molecule has 5 nitrogen and oxygen atoms in total. The Labute approximate surface area is 148 Å². The van der Waals surface area contributed by atoms with Crippen LogP contribution < -0.4 is 0 Å². The van der Waals surface area contributed by atoms with Crippen molar-refractivity contribution >= 4 is 22.8 Å². The molecule has 3 rings (SSSR count). The van der Waals surface area contributed by atoms with E-state index in [9.17, 15) is 9.59 Å². The number of para-hydroxylation sites is 1. The molecule has 0 unspecified atom stereocenters. The number of aryl methyl sites for hydroxylation is 2. The minimum absolute atomic E-state index is 0.121. The van der Waals surface area contributed by atoms with Gasteiger partial charge in [0.05, 0.1) is 16.8 Å². The van der Waals surface area contributed by atoms with Crippen LogP contribution in [0.5, 0.6) is 0 Å². The van der Waals surface area contributed by atoms with Crippen LogP contribution >= 0.6 is 0 Å². The Kier molecular flexibility index (Phi) is 5.02. The smallest absolute Gasteiger partial charge is 0.340 e. The molecule has 0 aliphatic carbocycles. The standard InChI is InChI=1S/C20H24N2O3/c1-13-7-6-10-22(11-13)18(23)12-25-20(24)19-14(2)16-8-4-5-9-17(16)21-15(19)3/h4-5,8-9,13H,6-7,10-12H2,1-3H3/t13-/m0/s1. The van der Waals surface area contributed by atoms with Crippen molar-refractivity contribution in [2.24, 2.45) is 5.92 Å². The zero-order valence-electron chi connectivity index (χ0n) is 15.0. The van der Waals surface area contributed by atoms with Crippen molar-refractivity contribution in [3.63, 3.8) is 0 Å². The van der Waals surface area contributed by atoms with Crippen LogP contribution in [-0.4, -0.2) is 41.5 Å². The predicted molar refractivity (Wildman–Crippen MR) is 96.5 cm³/mol. The number of esters is 1. The molecule has 1 fully saturated rings. The summed E-state index contributed by atoms with van der Waals surface area (Å²) in [7, 11) is 0. The monoisotopic (exact) mass is 340 g/mol. The van der Waals surface area contributed by atoms with Gasteiger partial charge >= 0.3 is 5.97 Å². The predicted octanol–water partition coefficient (Wildman–Crippen LogP) is 3.27. The van der Waals surface area contributed by atoms with Gasteiger partial charge in [0.2, 0.25) is 0 Å². The first-order chi connectivity index (χ1) is 12.0. The van der Waals surface area contributed by atoms with Gasteiger partial charge in [0.25, 0.3) is 5.91 Å². The largest absolute Gasteiger partial charge is 0.452 e. The van der Waals surface area contributed by atoms with Crippen molar-refractivity contribution in [3.05, 3.63) is 41.1 Å². The van der Waals surface area contributed by atoms with Crippen LogP contribution in [0.4, 0.5) is 0 Å². The van der Waals surface area contributed by atoms with Gasteiger partial charge in [0.15, 0.2) is 6.61 Å². The fraction of sp³-hybridized carbons (Fsp3) is 0.450. The van der Waals surface area contributed by atoms with Gasteiger partial charge < -0.3 is 9.64 Å². The van der Waals surface area contributed by atoms with E-state index >= 15 is 0 Å². The summed E-state index contributed by atoms with van der Waals surface area (Å²) in [6.07, 6.45) is 2.15.